The van der Waals surface area contributed by atoms with Crippen LogP contribution in [0.4, 0.5) is 6.01 Å². The number of nitrogens with zero attached hydrogens (tertiary/aromatic N) is 3. The number of hydrogen-bond donors (Lipinski definition) is 2. The standard InChI is InChI=1S/C18H17N5OS/c1-11-15(16-22-23-18(24-16)20-9-8-19)25-17(21-11)14-7-6-12-4-2-3-5-13(12)10-14/h2-7,10H,8-9,19H2,1H3,(H,20,23). The first-order valence-electron chi connectivity index (χ1n) is 7.99. The van der Waals surface area contributed by atoms with Gasteiger partial charge in [0.15, 0.2) is 0 Å². The Morgan fingerprint density at radius 3 is 2.80 bits per heavy atom. The van der Waals surface area contributed by atoms with Crippen molar-refractivity contribution in [2.45, 2.75) is 6.92 Å². The number of anilines is 1. The summed E-state index contributed by atoms with van der Waals surface area (Å²) in [7, 11) is 0. The Morgan fingerprint density at radius 1 is 1.12 bits per heavy atom. The minimum absolute atomic E-state index is 0.375. The maximum absolute atomic E-state index is 5.65. The van der Waals surface area contributed by atoms with Gasteiger partial charge in [-0.2, -0.15) is 0 Å². The number of rotatable bonds is 5. The molecule has 3 N–H and O–H groups in total. The van der Waals surface area contributed by atoms with Crippen molar-refractivity contribution in [1.82, 2.24) is 15.2 Å². The Kier molecular flexibility index (Phi) is 4.17. The third kappa shape index (κ3) is 3.11. The van der Waals surface area contributed by atoms with Crippen molar-refractivity contribution in [3.8, 4) is 21.3 Å². The normalized spacial score (nSPS) is 11.1. The van der Waals surface area contributed by atoms with Gasteiger partial charge in [0.1, 0.15) is 9.88 Å². The lowest BCUT2D eigenvalue weighted by atomic mass is 10.1. The van der Waals surface area contributed by atoms with E-state index in [2.05, 4.69) is 50.8 Å². The van der Waals surface area contributed by atoms with Crippen molar-refractivity contribution in [1.29, 1.82) is 0 Å². The summed E-state index contributed by atoms with van der Waals surface area (Å²) in [5, 5.41) is 14.4. The average molecular weight is 351 g/mol. The molecule has 2 heterocycles. The molecule has 0 atom stereocenters. The highest BCUT2D eigenvalue weighted by Gasteiger charge is 2.17. The lowest BCUT2D eigenvalue weighted by Gasteiger charge is -2.00. The van der Waals surface area contributed by atoms with E-state index < -0.39 is 0 Å². The molecule has 7 heteroatoms. The largest absolute Gasteiger partial charge is 0.402 e. The van der Waals surface area contributed by atoms with Crippen molar-refractivity contribution < 1.29 is 4.42 Å². The molecule has 0 amide bonds. The quantitative estimate of drug-likeness (QED) is 0.570. The third-order valence-electron chi connectivity index (χ3n) is 3.83. The highest BCUT2D eigenvalue weighted by atomic mass is 32.1. The summed E-state index contributed by atoms with van der Waals surface area (Å²) in [6.45, 7) is 3.04. The second-order valence-electron chi connectivity index (χ2n) is 5.62. The maximum Gasteiger partial charge on any atom is 0.315 e. The van der Waals surface area contributed by atoms with Crippen LogP contribution in [0.5, 0.6) is 0 Å². The Balaban J connectivity index is 1.68. The summed E-state index contributed by atoms with van der Waals surface area (Å²) in [6.07, 6.45) is 0. The van der Waals surface area contributed by atoms with Crippen LogP contribution in [-0.2, 0) is 0 Å². The molecule has 2 aromatic heterocycles. The molecule has 0 fully saturated rings. The monoisotopic (exact) mass is 351 g/mol. The minimum atomic E-state index is 0.375. The van der Waals surface area contributed by atoms with Gasteiger partial charge < -0.3 is 15.5 Å². The van der Waals surface area contributed by atoms with E-state index in [9.17, 15) is 0 Å². The fourth-order valence-electron chi connectivity index (χ4n) is 2.61. The van der Waals surface area contributed by atoms with Gasteiger partial charge in [-0.1, -0.05) is 41.5 Å². The van der Waals surface area contributed by atoms with E-state index in [0.29, 0.717) is 25.0 Å². The molecule has 126 valence electrons. The number of nitrogens with one attached hydrogen (secondary N) is 1. The number of nitrogens with two attached hydrogens (primary N) is 1. The fourth-order valence-corrected chi connectivity index (χ4v) is 3.59. The molecule has 6 nitrogen and oxygen atoms in total. The fraction of sp³-hybridized carbons (Fsp3) is 0.167. The van der Waals surface area contributed by atoms with Crippen LogP contribution in [0.15, 0.2) is 46.9 Å². The maximum atomic E-state index is 5.65. The predicted octanol–water partition coefficient (Wildman–Crippen LogP) is 3.69. The Morgan fingerprint density at radius 2 is 1.96 bits per heavy atom. The van der Waals surface area contributed by atoms with Crippen molar-refractivity contribution >= 4 is 28.1 Å². The highest BCUT2D eigenvalue weighted by Crippen LogP contribution is 2.35. The molecule has 0 spiro atoms. The molecule has 4 aromatic rings. The number of aromatic nitrogens is 3. The number of fused-ring (bicyclic) bond motifs is 1. The molecule has 25 heavy (non-hydrogen) atoms. The first-order chi connectivity index (χ1) is 12.2. The van der Waals surface area contributed by atoms with Gasteiger partial charge in [0.2, 0.25) is 0 Å². The zero-order chi connectivity index (χ0) is 17.2. The van der Waals surface area contributed by atoms with Crippen LogP contribution in [0.2, 0.25) is 0 Å². The van der Waals surface area contributed by atoms with Crippen molar-refractivity contribution in [2.75, 3.05) is 18.4 Å². The van der Waals surface area contributed by atoms with Crippen molar-refractivity contribution in [3.05, 3.63) is 48.2 Å². The topological polar surface area (TPSA) is 89.9 Å². The average Bonchev–Trinajstić information content (AvgIpc) is 3.26. The first-order valence-corrected chi connectivity index (χ1v) is 8.80. The van der Waals surface area contributed by atoms with Gasteiger partial charge >= 0.3 is 6.01 Å². The molecular weight excluding hydrogens is 334 g/mol. The van der Waals surface area contributed by atoms with E-state index in [4.69, 9.17) is 10.2 Å². The summed E-state index contributed by atoms with van der Waals surface area (Å²) in [4.78, 5) is 5.57. The molecule has 2 aromatic carbocycles. The van der Waals surface area contributed by atoms with E-state index >= 15 is 0 Å². The van der Waals surface area contributed by atoms with Gasteiger partial charge in [-0.15, -0.1) is 16.4 Å². The molecule has 0 bridgehead atoms. The molecule has 4 rings (SSSR count). The van der Waals surface area contributed by atoms with Crippen LogP contribution in [-0.4, -0.2) is 28.3 Å². The summed E-state index contributed by atoms with van der Waals surface area (Å²) >= 11 is 1.55. The van der Waals surface area contributed by atoms with Gasteiger partial charge in [-0.25, -0.2) is 4.98 Å². The lowest BCUT2D eigenvalue weighted by molar-refractivity contribution is 0.582. The Hall–Kier alpha value is -2.77. The number of thiazole rings is 1. The summed E-state index contributed by atoms with van der Waals surface area (Å²) in [5.41, 5.74) is 7.42. The molecule has 0 unspecified atom stereocenters. The van der Waals surface area contributed by atoms with E-state index in [-0.39, 0.29) is 0 Å². The molecule has 0 saturated carbocycles. The molecule has 0 aliphatic carbocycles. The van der Waals surface area contributed by atoms with Crippen molar-refractivity contribution in [2.24, 2.45) is 5.73 Å². The van der Waals surface area contributed by atoms with Gasteiger partial charge in [-0.05, 0) is 23.8 Å². The van der Waals surface area contributed by atoms with E-state index in [0.717, 1.165) is 21.1 Å². The molecule has 0 saturated heterocycles. The summed E-state index contributed by atoms with van der Waals surface area (Å²) in [5.74, 6) is 0.474. The molecular formula is C18H17N5OS. The third-order valence-corrected chi connectivity index (χ3v) is 5.03. The van der Waals surface area contributed by atoms with Gasteiger partial charge in [0.05, 0.1) is 5.69 Å². The second kappa shape index (κ2) is 6.62. The second-order valence-corrected chi connectivity index (χ2v) is 6.62. The number of benzene rings is 2. The number of aryl methyl sites for hydroxylation is 1. The number of hydrogen-bond acceptors (Lipinski definition) is 7. The van der Waals surface area contributed by atoms with Crippen LogP contribution < -0.4 is 11.1 Å². The van der Waals surface area contributed by atoms with Crippen LogP contribution >= 0.6 is 11.3 Å². The van der Waals surface area contributed by atoms with Crippen LogP contribution in [0.1, 0.15) is 5.69 Å². The zero-order valence-electron chi connectivity index (χ0n) is 13.7. The smallest absolute Gasteiger partial charge is 0.315 e. The Bertz CT molecular complexity index is 1020. The van der Waals surface area contributed by atoms with Gasteiger partial charge in [0, 0.05) is 18.7 Å². The van der Waals surface area contributed by atoms with Crippen LogP contribution in [0.25, 0.3) is 32.1 Å². The van der Waals surface area contributed by atoms with E-state index in [1.165, 1.54) is 10.8 Å². The Labute approximate surface area is 148 Å². The SMILES string of the molecule is Cc1nc(-c2ccc3ccccc3c2)sc1-c1nnc(NCCN)o1. The summed E-state index contributed by atoms with van der Waals surface area (Å²) in [6, 6.07) is 15.0. The molecule has 0 aliphatic rings. The lowest BCUT2D eigenvalue weighted by Crippen LogP contribution is -2.13. The van der Waals surface area contributed by atoms with Gasteiger partial charge in [-0.3, -0.25) is 0 Å². The molecule has 0 aliphatic heterocycles. The van der Waals surface area contributed by atoms with Crippen LogP contribution in [0.3, 0.4) is 0 Å². The van der Waals surface area contributed by atoms with E-state index in [1.807, 2.05) is 19.1 Å². The minimum Gasteiger partial charge on any atom is -0.402 e. The predicted molar refractivity (Wildman–Crippen MR) is 101 cm³/mol. The van der Waals surface area contributed by atoms with E-state index in [1.54, 1.807) is 11.3 Å². The van der Waals surface area contributed by atoms with Crippen molar-refractivity contribution in [3.63, 3.8) is 0 Å². The van der Waals surface area contributed by atoms with Crippen LogP contribution in [0, 0.1) is 6.92 Å². The molecule has 0 radical (unpaired) electrons. The zero-order valence-corrected chi connectivity index (χ0v) is 14.5. The highest BCUT2D eigenvalue weighted by molar-refractivity contribution is 7.18. The first kappa shape index (κ1) is 15.7. The summed E-state index contributed by atoms with van der Waals surface area (Å²) < 4.78 is 5.65. The van der Waals surface area contributed by atoms with Gasteiger partial charge in [0.25, 0.3) is 5.89 Å².